The number of carbonyl (C=O) groups excluding carboxylic acids is 1. The molecule has 3 heterocycles. The zero-order valence-electron chi connectivity index (χ0n) is 11.1. The highest BCUT2D eigenvalue weighted by Crippen LogP contribution is 2.32. The van der Waals surface area contributed by atoms with Gasteiger partial charge in [0, 0.05) is 30.4 Å². The molecule has 1 atom stereocenters. The Morgan fingerprint density at radius 1 is 1.38 bits per heavy atom. The van der Waals surface area contributed by atoms with Gasteiger partial charge in [-0.05, 0) is 29.3 Å². The van der Waals surface area contributed by atoms with Crippen LogP contribution >= 0.6 is 11.8 Å². The predicted molar refractivity (Wildman–Crippen MR) is 77.2 cm³/mol. The van der Waals surface area contributed by atoms with Crippen molar-refractivity contribution in [2.75, 3.05) is 11.6 Å². The van der Waals surface area contributed by atoms with Crippen LogP contribution in [0, 0.1) is 0 Å². The van der Waals surface area contributed by atoms with E-state index in [2.05, 4.69) is 9.97 Å². The first-order chi connectivity index (χ1) is 10.2. The molecule has 0 aromatic carbocycles. The topological polar surface area (TPSA) is 69.6 Å². The number of aliphatic hydroxyl groups excluding tert-OH is 1. The molecule has 1 aliphatic rings. The zero-order chi connectivity index (χ0) is 14.8. The Hall–Kier alpha value is -2.02. The fourth-order valence-corrected chi connectivity index (χ4v) is 2.58. The van der Waals surface area contributed by atoms with Crippen LogP contribution in [0.25, 0.3) is 0 Å². The van der Waals surface area contributed by atoms with Crippen molar-refractivity contribution >= 4 is 23.5 Å². The minimum atomic E-state index is -0.379. The van der Waals surface area contributed by atoms with Gasteiger partial charge >= 0.3 is 0 Å². The van der Waals surface area contributed by atoms with Gasteiger partial charge in [-0.1, -0.05) is 6.07 Å². The summed E-state index contributed by atoms with van der Waals surface area (Å²) < 4.78 is 1.31. The number of hydrazine groups is 1. The Balaban J connectivity index is 1.92. The van der Waals surface area contributed by atoms with Crippen LogP contribution in [0.3, 0.4) is 0 Å². The summed E-state index contributed by atoms with van der Waals surface area (Å²) in [6, 6.07) is 6.95. The number of anilines is 1. The molecule has 1 saturated heterocycles. The van der Waals surface area contributed by atoms with Crippen LogP contribution in [-0.4, -0.2) is 32.1 Å². The molecule has 1 aliphatic heterocycles. The molecule has 3 rings (SSSR count). The second kappa shape index (κ2) is 5.77. The fraction of sp³-hybridized carbons (Fsp3) is 0.214. The lowest BCUT2D eigenvalue weighted by atomic mass is 10.0. The lowest BCUT2D eigenvalue weighted by molar-refractivity contribution is -0.118. The second-order valence-electron chi connectivity index (χ2n) is 4.69. The summed E-state index contributed by atoms with van der Waals surface area (Å²) in [5, 5.41) is 10.5. The number of pyridine rings is 2. The van der Waals surface area contributed by atoms with Gasteiger partial charge in [0.2, 0.25) is 0 Å². The van der Waals surface area contributed by atoms with E-state index in [1.54, 1.807) is 30.6 Å². The van der Waals surface area contributed by atoms with Crippen molar-refractivity contribution in [1.29, 1.82) is 0 Å². The van der Waals surface area contributed by atoms with E-state index in [1.807, 2.05) is 6.07 Å². The van der Waals surface area contributed by atoms with Gasteiger partial charge in [0.05, 0.1) is 19.1 Å². The molecule has 1 N–H and O–H groups in total. The molecule has 0 aliphatic carbocycles. The van der Waals surface area contributed by atoms with Gasteiger partial charge < -0.3 is 5.11 Å². The molecule has 0 radical (unpaired) electrons. The molecule has 2 aromatic rings. The van der Waals surface area contributed by atoms with E-state index in [4.69, 9.17) is 11.8 Å². The van der Waals surface area contributed by atoms with Crippen molar-refractivity contribution in [1.82, 2.24) is 14.5 Å². The summed E-state index contributed by atoms with van der Waals surface area (Å²) in [7, 11) is 0. The number of amides is 1. The number of carbonyl (C=O) groups is 1. The average Bonchev–Trinajstić information content (AvgIpc) is 2.83. The van der Waals surface area contributed by atoms with Gasteiger partial charge in [-0.15, -0.1) is 4.53 Å². The SMILES string of the molecule is O=C1C(c2cccnc2)CN(Cl)N1c1cc(CO)ccn1. The summed E-state index contributed by atoms with van der Waals surface area (Å²) in [4.78, 5) is 20.8. The predicted octanol–water partition coefficient (Wildman–Crippen LogP) is 1.47. The van der Waals surface area contributed by atoms with Crippen LogP contribution in [-0.2, 0) is 11.4 Å². The molecular weight excluding hydrogens is 292 g/mol. The summed E-state index contributed by atoms with van der Waals surface area (Å²) in [5.41, 5.74) is 1.48. The maximum atomic E-state index is 12.6. The van der Waals surface area contributed by atoms with Crippen LogP contribution in [0.1, 0.15) is 17.0 Å². The van der Waals surface area contributed by atoms with E-state index in [0.717, 1.165) is 5.56 Å². The summed E-state index contributed by atoms with van der Waals surface area (Å²) >= 11 is 6.16. The first-order valence-electron chi connectivity index (χ1n) is 6.43. The third-order valence-electron chi connectivity index (χ3n) is 3.35. The molecule has 0 saturated carbocycles. The van der Waals surface area contributed by atoms with E-state index in [9.17, 15) is 9.90 Å². The van der Waals surface area contributed by atoms with Gasteiger partial charge in [0.15, 0.2) is 5.82 Å². The lowest BCUT2D eigenvalue weighted by Gasteiger charge is -2.20. The van der Waals surface area contributed by atoms with Crippen molar-refractivity contribution in [3.8, 4) is 0 Å². The highest BCUT2D eigenvalue weighted by molar-refractivity contribution is 6.18. The summed E-state index contributed by atoms with van der Waals surface area (Å²) in [6.45, 7) is 0.225. The molecule has 1 fully saturated rings. The number of rotatable bonds is 3. The normalized spacial score (nSPS) is 19.2. The van der Waals surface area contributed by atoms with Crippen molar-refractivity contribution in [3.05, 3.63) is 54.0 Å². The highest BCUT2D eigenvalue weighted by atomic mass is 35.5. The van der Waals surface area contributed by atoms with Crippen LogP contribution in [0.5, 0.6) is 0 Å². The zero-order valence-corrected chi connectivity index (χ0v) is 11.8. The Morgan fingerprint density at radius 3 is 2.95 bits per heavy atom. The summed E-state index contributed by atoms with van der Waals surface area (Å²) in [6.07, 6.45) is 4.86. The van der Waals surface area contributed by atoms with E-state index >= 15 is 0 Å². The Kier molecular flexibility index (Phi) is 3.83. The quantitative estimate of drug-likeness (QED) is 0.870. The van der Waals surface area contributed by atoms with Crippen LogP contribution < -0.4 is 5.01 Å². The summed E-state index contributed by atoms with van der Waals surface area (Å²) in [5.74, 6) is -0.149. The smallest absolute Gasteiger partial charge is 0.252 e. The van der Waals surface area contributed by atoms with E-state index in [1.165, 1.54) is 15.7 Å². The van der Waals surface area contributed by atoms with Gasteiger partial charge in [0.25, 0.3) is 5.91 Å². The molecular formula is C14H13ClN4O2. The molecule has 1 amide bonds. The molecule has 0 spiro atoms. The van der Waals surface area contributed by atoms with E-state index < -0.39 is 0 Å². The average molecular weight is 305 g/mol. The van der Waals surface area contributed by atoms with Gasteiger partial charge in [-0.3, -0.25) is 9.78 Å². The monoisotopic (exact) mass is 304 g/mol. The second-order valence-corrected chi connectivity index (χ2v) is 5.08. The molecule has 2 aromatic heterocycles. The van der Waals surface area contributed by atoms with Gasteiger partial charge in [-0.25, -0.2) is 9.99 Å². The van der Waals surface area contributed by atoms with Crippen LogP contribution in [0.15, 0.2) is 42.9 Å². The molecule has 21 heavy (non-hydrogen) atoms. The van der Waals surface area contributed by atoms with Crippen molar-refractivity contribution in [2.24, 2.45) is 0 Å². The molecule has 7 heteroatoms. The first kappa shape index (κ1) is 13.9. The minimum absolute atomic E-state index is 0.119. The molecule has 108 valence electrons. The number of halogens is 1. The van der Waals surface area contributed by atoms with Gasteiger partial charge in [-0.2, -0.15) is 0 Å². The molecule has 1 unspecified atom stereocenters. The maximum Gasteiger partial charge on any atom is 0.252 e. The largest absolute Gasteiger partial charge is 0.392 e. The standard InChI is InChI=1S/C14H13ClN4O2/c15-18-8-12(11-2-1-4-16-7-11)14(21)19(18)13-6-10(9-20)3-5-17-13/h1-7,12,20H,8-9H2. The number of aliphatic hydroxyl groups is 1. The minimum Gasteiger partial charge on any atom is -0.392 e. The van der Waals surface area contributed by atoms with E-state index in [0.29, 0.717) is 17.9 Å². The Labute approximate surface area is 126 Å². The van der Waals surface area contributed by atoms with Crippen molar-refractivity contribution in [2.45, 2.75) is 12.5 Å². The number of hydrogen-bond donors (Lipinski definition) is 1. The number of nitrogens with zero attached hydrogens (tertiary/aromatic N) is 4. The van der Waals surface area contributed by atoms with Gasteiger partial charge in [0.1, 0.15) is 0 Å². The lowest BCUT2D eigenvalue weighted by Crippen LogP contribution is -2.33. The highest BCUT2D eigenvalue weighted by Gasteiger charge is 2.40. The number of hydrogen-bond acceptors (Lipinski definition) is 5. The molecule has 0 bridgehead atoms. The first-order valence-corrected chi connectivity index (χ1v) is 6.77. The fourth-order valence-electron chi connectivity index (χ4n) is 2.29. The maximum absolute atomic E-state index is 12.6. The third kappa shape index (κ3) is 2.61. The van der Waals surface area contributed by atoms with E-state index in [-0.39, 0.29) is 18.4 Å². The van der Waals surface area contributed by atoms with Crippen molar-refractivity contribution < 1.29 is 9.90 Å². The van der Waals surface area contributed by atoms with Crippen molar-refractivity contribution in [3.63, 3.8) is 0 Å². The Morgan fingerprint density at radius 2 is 2.24 bits per heavy atom. The third-order valence-corrected chi connectivity index (χ3v) is 3.64. The molecule has 6 nitrogen and oxygen atoms in total. The van der Waals surface area contributed by atoms with Crippen LogP contribution in [0.4, 0.5) is 5.82 Å². The Bertz CT molecular complexity index is 652. The van der Waals surface area contributed by atoms with Crippen LogP contribution in [0.2, 0.25) is 0 Å². The number of aromatic nitrogens is 2.